The van der Waals surface area contributed by atoms with Crippen molar-refractivity contribution >= 4 is 23.4 Å². The lowest BCUT2D eigenvalue weighted by atomic mass is 10.0. The number of carbonyl (C=O) groups excluding carboxylic acids is 4. The molecule has 0 bridgehead atoms. The van der Waals surface area contributed by atoms with Gasteiger partial charge in [0.1, 0.15) is 5.75 Å². The molecule has 170 valence electrons. The molecule has 32 heavy (non-hydrogen) atoms. The van der Waals surface area contributed by atoms with Gasteiger partial charge in [0.05, 0.1) is 19.1 Å². The highest BCUT2D eigenvalue weighted by atomic mass is 16.5. The van der Waals surface area contributed by atoms with Gasteiger partial charge >= 0.3 is 5.97 Å². The number of ketones is 2. The molecule has 0 saturated carbocycles. The van der Waals surface area contributed by atoms with Gasteiger partial charge in [-0.2, -0.15) is 0 Å². The molecule has 7 heteroatoms. The zero-order valence-electron chi connectivity index (χ0n) is 18.5. The van der Waals surface area contributed by atoms with Crippen molar-refractivity contribution < 1.29 is 28.7 Å². The minimum Gasteiger partial charge on any atom is -0.494 e. The minimum atomic E-state index is -0.700. The number of benzene rings is 2. The van der Waals surface area contributed by atoms with Gasteiger partial charge in [-0.05, 0) is 49.6 Å². The van der Waals surface area contributed by atoms with Gasteiger partial charge in [-0.3, -0.25) is 19.2 Å². The van der Waals surface area contributed by atoms with Gasteiger partial charge in [0.2, 0.25) is 0 Å². The molecule has 2 rings (SSSR count). The van der Waals surface area contributed by atoms with Gasteiger partial charge in [0, 0.05) is 12.0 Å². The van der Waals surface area contributed by atoms with E-state index in [1.165, 1.54) is 6.92 Å². The number of ether oxygens (including phenoxy) is 2. The summed E-state index contributed by atoms with van der Waals surface area (Å²) in [5.41, 5.74) is 1.39. The predicted molar refractivity (Wildman–Crippen MR) is 120 cm³/mol. The third-order valence-corrected chi connectivity index (χ3v) is 4.68. The van der Waals surface area contributed by atoms with Crippen LogP contribution in [0.2, 0.25) is 0 Å². The molecule has 7 nitrogen and oxygen atoms in total. The topological polar surface area (TPSA) is 98.8 Å². The second-order valence-corrected chi connectivity index (χ2v) is 7.38. The molecule has 1 amide bonds. The molecule has 0 heterocycles. The smallest absolute Gasteiger partial charge is 0.306 e. The first-order valence-corrected chi connectivity index (χ1v) is 10.6. The van der Waals surface area contributed by atoms with Gasteiger partial charge < -0.3 is 14.8 Å². The summed E-state index contributed by atoms with van der Waals surface area (Å²) in [7, 11) is 0. The van der Waals surface area contributed by atoms with Crippen LogP contribution in [0, 0.1) is 0 Å². The lowest BCUT2D eigenvalue weighted by Crippen LogP contribution is -2.43. The molecule has 0 aliphatic carbocycles. The Hall–Kier alpha value is -3.48. The average Bonchev–Trinajstić information content (AvgIpc) is 2.80. The largest absolute Gasteiger partial charge is 0.494 e. The van der Waals surface area contributed by atoms with Gasteiger partial charge in [-0.15, -0.1) is 0 Å². The van der Waals surface area contributed by atoms with E-state index < -0.39 is 24.5 Å². The third kappa shape index (κ3) is 8.71. The Kier molecular flexibility index (Phi) is 10.1. The molecule has 2 aromatic rings. The van der Waals surface area contributed by atoms with Crippen LogP contribution in [0.25, 0.3) is 0 Å². The summed E-state index contributed by atoms with van der Waals surface area (Å²) in [6.45, 7) is 3.50. The summed E-state index contributed by atoms with van der Waals surface area (Å²) < 4.78 is 10.4. The van der Waals surface area contributed by atoms with Crippen molar-refractivity contribution in [3.05, 3.63) is 65.7 Å². The highest BCUT2D eigenvalue weighted by molar-refractivity contribution is 5.97. The standard InChI is InChI=1S/C25H29NO6/c1-3-15-31-21-11-9-20(10-12-21)23(28)13-14-25(30)32-17-24(29)26-22(18(2)27)16-19-7-5-4-6-8-19/h4-12,22H,3,13-17H2,1-2H3,(H,26,29). The van der Waals surface area contributed by atoms with E-state index in [0.717, 1.165) is 12.0 Å². The quantitative estimate of drug-likeness (QED) is 0.380. The molecule has 0 spiro atoms. The average molecular weight is 440 g/mol. The molecule has 1 unspecified atom stereocenters. The molecule has 0 fully saturated rings. The van der Waals surface area contributed by atoms with E-state index in [1.807, 2.05) is 37.3 Å². The highest BCUT2D eigenvalue weighted by Crippen LogP contribution is 2.14. The summed E-state index contributed by atoms with van der Waals surface area (Å²) >= 11 is 0. The molecule has 0 aliphatic heterocycles. The fourth-order valence-electron chi connectivity index (χ4n) is 2.92. The molecule has 0 radical (unpaired) electrons. The van der Waals surface area contributed by atoms with Gasteiger partial charge in [0.15, 0.2) is 18.2 Å². The van der Waals surface area contributed by atoms with Crippen LogP contribution in [-0.2, 0) is 25.5 Å². The summed E-state index contributed by atoms with van der Waals surface area (Å²) in [5, 5.41) is 2.59. The Bertz CT molecular complexity index is 908. The lowest BCUT2D eigenvalue weighted by Gasteiger charge is -2.16. The first kappa shape index (κ1) is 24.8. The molecule has 0 aliphatic rings. The predicted octanol–water partition coefficient (Wildman–Crippen LogP) is 3.30. The number of nitrogens with one attached hydrogen (secondary N) is 1. The Balaban J connectivity index is 1.73. The van der Waals surface area contributed by atoms with Crippen LogP contribution in [-0.4, -0.2) is 42.7 Å². The van der Waals surface area contributed by atoms with E-state index in [2.05, 4.69) is 5.32 Å². The number of carbonyl (C=O) groups is 4. The van der Waals surface area contributed by atoms with Crippen LogP contribution in [0.5, 0.6) is 5.75 Å². The highest BCUT2D eigenvalue weighted by Gasteiger charge is 2.19. The molecule has 0 saturated heterocycles. The van der Waals surface area contributed by atoms with Crippen molar-refractivity contribution in [2.24, 2.45) is 0 Å². The van der Waals surface area contributed by atoms with Gasteiger partial charge in [-0.1, -0.05) is 37.3 Å². The number of rotatable bonds is 13. The second kappa shape index (κ2) is 13.0. The number of Topliss-reactive ketones (excluding diaryl/α,β-unsaturated/α-hetero) is 2. The second-order valence-electron chi connectivity index (χ2n) is 7.38. The monoisotopic (exact) mass is 439 g/mol. The van der Waals surface area contributed by atoms with Crippen molar-refractivity contribution in [2.75, 3.05) is 13.2 Å². The zero-order valence-corrected chi connectivity index (χ0v) is 18.5. The minimum absolute atomic E-state index is 0.0281. The van der Waals surface area contributed by atoms with E-state index in [-0.39, 0.29) is 24.4 Å². The van der Waals surface area contributed by atoms with E-state index in [1.54, 1.807) is 24.3 Å². The molecule has 0 aromatic heterocycles. The van der Waals surface area contributed by atoms with E-state index in [0.29, 0.717) is 24.3 Å². The Morgan fingerprint density at radius 3 is 2.25 bits per heavy atom. The van der Waals surface area contributed by atoms with Crippen LogP contribution in [0.4, 0.5) is 0 Å². The fourth-order valence-corrected chi connectivity index (χ4v) is 2.92. The lowest BCUT2D eigenvalue weighted by molar-refractivity contribution is -0.148. The maximum atomic E-state index is 12.2. The summed E-state index contributed by atoms with van der Waals surface area (Å²) in [6.07, 6.45) is 1.08. The molecular weight excluding hydrogens is 410 g/mol. The number of amides is 1. The summed E-state index contributed by atoms with van der Waals surface area (Å²) in [6, 6.07) is 15.3. The fraction of sp³-hybridized carbons (Fsp3) is 0.360. The van der Waals surface area contributed by atoms with Crippen LogP contribution in [0.15, 0.2) is 54.6 Å². The van der Waals surface area contributed by atoms with Crippen LogP contribution in [0.1, 0.15) is 49.0 Å². The van der Waals surface area contributed by atoms with Gasteiger partial charge in [0.25, 0.3) is 5.91 Å². The Labute approximate surface area is 188 Å². The normalized spacial score (nSPS) is 11.3. The SMILES string of the molecule is CCCOc1ccc(C(=O)CCC(=O)OCC(=O)NC(Cc2ccccc2)C(C)=O)cc1. The van der Waals surface area contributed by atoms with E-state index in [4.69, 9.17) is 9.47 Å². The van der Waals surface area contributed by atoms with Crippen LogP contribution >= 0.6 is 0 Å². The summed E-state index contributed by atoms with van der Waals surface area (Å²) in [5.74, 6) is -0.926. The van der Waals surface area contributed by atoms with Crippen molar-refractivity contribution in [2.45, 2.75) is 45.6 Å². The molecular formula is C25H29NO6. The molecule has 1 N–H and O–H groups in total. The van der Waals surface area contributed by atoms with Crippen molar-refractivity contribution in [1.82, 2.24) is 5.32 Å². The van der Waals surface area contributed by atoms with E-state index in [9.17, 15) is 19.2 Å². The summed E-state index contributed by atoms with van der Waals surface area (Å²) in [4.78, 5) is 48.1. The maximum Gasteiger partial charge on any atom is 0.306 e. The maximum absolute atomic E-state index is 12.2. The Morgan fingerprint density at radius 1 is 0.938 bits per heavy atom. The van der Waals surface area contributed by atoms with Crippen molar-refractivity contribution in [1.29, 1.82) is 0 Å². The van der Waals surface area contributed by atoms with E-state index >= 15 is 0 Å². The first-order chi connectivity index (χ1) is 15.4. The molecule has 2 aromatic carbocycles. The number of esters is 1. The van der Waals surface area contributed by atoms with Crippen molar-refractivity contribution in [3.63, 3.8) is 0 Å². The van der Waals surface area contributed by atoms with Crippen molar-refractivity contribution in [3.8, 4) is 5.75 Å². The van der Waals surface area contributed by atoms with Crippen LogP contribution < -0.4 is 10.1 Å². The molecule has 1 atom stereocenters. The Morgan fingerprint density at radius 2 is 1.62 bits per heavy atom. The van der Waals surface area contributed by atoms with Crippen LogP contribution in [0.3, 0.4) is 0 Å². The number of hydrogen-bond acceptors (Lipinski definition) is 6. The zero-order chi connectivity index (χ0) is 23.3. The third-order valence-electron chi connectivity index (χ3n) is 4.68. The number of hydrogen-bond donors (Lipinski definition) is 1. The first-order valence-electron chi connectivity index (χ1n) is 10.6. The van der Waals surface area contributed by atoms with Gasteiger partial charge in [-0.25, -0.2) is 0 Å².